The smallest absolute Gasteiger partial charge is 0.309 e. The van der Waals surface area contributed by atoms with E-state index in [4.69, 9.17) is 33.7 Å². The Morgan fingerprint density at radius 3 is 2.65 bits per heavy atom. The molecule has 1 heterocycles. The third kappa shape index (κ3) is 6.68. The standard InChI is InChI=1S/C22H26Cl2N4O5S/c1-28-12-18(17-10-15(23)11-20(24)19(17)13-28)14-3-2-4-16(9-14)34(31,32)27-6-8-33-7-5-26-22(30)21(25)29/h2-4,9-11,18,27H,5-8,12-13H2,1H3,(H2,25,29)(H,26,30). The minimum atomic E-state index is -3.77. The van der Waals surface area contributed by atoms with Crippen molar-refractivity contribution < 1.29 is 22.7 Å². The summed E-state index contributed by atoms with van der Waals surface area (Å²) >= 11 is 12.7. The summed E-state index contributed by atoms with van der Waals surface area (Å²) < 4.78 is 33.4. The van der Waals surface area contributed by atoms with Crippen LogP contribution in [0.2, 0.25) is 10.0 Å². The highest BCUT2D eigenvalue weighted by atomic mass is 35.5. The number of hydrogen-bond donors (Lipinski definition) is 3. The van der Waals surface area contributed by atoms with Gasteiger partial charge in [-0.3, -0.25) is 9.59 Å². The van der Waals surface area contributed by atoms with Crippen LogP contribution in [0.5, 0.6) is 0 Å². The van der Waals surface area contributed by atoms with Gasteiger partial charge in [-0.15, -0.1) is 0 Å². The topological polar surface area (TPSA) is 131 Å². The number of likely N-dealkylation sites (N-methyl/N-ethyl adjacent to an activating group) is 1. The molecule has 2 aromatic carbocycles. The zero-order valence-electron chi connectivity index (χ0n) is 18.5. The second-order valence-corrected chi connectivity index (χ2v) is 10.5. The summed E-state index contributed by atoms with van der Waals surface area (Å²) in [5.41, 5.74) is 7.65. The number of ether oxygens (including phenoxy) is 1. The monoisotopic (exact) mass is 528 g/mol. The molecule has 1 atom stereocenters. The van der Waals surface area contributed by atoms with Crippen molar-refractivity contribution in [2.75, 3.05) is 39.9 Å². The molecule has 9 nitrogen and oxygen atoms in total. The van der Waals surface area contributed by atoms with Gasteiger partial charge in [-0.1, -0.05) is 35.3 Å². The molecule has 4 N–H and O–H groups in total. The average molecular weight is 529 g/mol. The van der Waals surface area contributed by atoms with Crippen LogP contribution in [-0.2, 0) is 30.9 Å². The number of rotatable bonds is 9. The Balaban J connectivity index is 1.64. The van der Waals surface area contributed by atoms with Crippen LogP contribution in [0.15, 0.2) is 41.3 Å². The molecule has 1 aliphatic heterocycles. The van der Waals surface area contributed by atoms with Crippen molar-refractivity contribution in [1.82, 2.24) is 14.9 Å². The maximum Gasteiger partial charge on any atom is 0.309 e. The molecule has 34 heavy (non-hydrogen) atoms. The lowest BCUT2D eigenvalue weighted by Gasteiger charge is -2.33. The summed E-state index contributed by atoms with van der Waals surface area (Å²) in [5.74, 6) is -2.07. The number of hydrogen-bond acceptors (Lipinski definition) is 6. The van der Waals surface area contributed by atoms with Gasteiger partial charge in [0.1, 0.15) is 0 Å². The molecule has 12 heteroatoms. The summed E-state index contributed by atoms with van der Waals surface area (Å²) in [7, 11) is -1.78. The Hall–Kier alpha value is -2.21. The Morgan fingerprint density at radius 1 is 1.18 bits per heavy atom. The molecule has 0 spiro atoms. The number of amides is 2. The number of fused-ring (bicyclic) bond motifs is 1. The van der Waals surface area contributed by atoms with Crippen molar-refractivity contribution in [3.8, 4) is 0 Å². The Morgan fingerprint density at radius 2 is 1.91 bits per heavy atom. The van der Waals surface area contributed by atoms with Gasteiger partial charge in [0, 0.05) is 42.1 Å². The normalized spacial score (nSPS) is 16.1. The number of sulfonamides is 1. The van der Waals surface area contributed by atoms with Gasteiger partial charge in [0.05, 0.1) is 18.1 Å². The zero-order valence-corrected chi connectivity index (χ0v) is 20.8. The third-order valence-corrected chi connectivity index (χ3v) is 7.37. The lowest BCUT2D eigenvalue weighted by atomic mass is 9.85. The van der Waals surface area contributed by atoms with E-state index in [1.165, 1.54) is 6.07 Å². The molecule has 0 aliphatic carbocycles. The number of halogens is 2. The molecule has 2 aromatic rings. The first-order valence-corrected chi connectivity index (χ1v) is 12.7. The van der Waals surface area contributed by atoms with Crippen LogP contribution in [0.3, 0.4) is 0 Å². The molecule has 3 rings (SSSR count). The van der Waals surface area contributed by atoms with Crippen LogP contribution in [0, 0.1) is 0 Å². The zero-order chi connectivity index (χ0) is 24.9. The Labute approximate surface area is 208 Å². The van der Waals surface area contributed by atoms with E-state index in [1.807, 2.05) is 19.2 Å². The van der Waals surface area contributed by atoms with E-state index >= 15 is 0 Å². The van der Waals surface area contributed by atoms with E-state index < -0.39 is 21.8 Å². The first-order valence-electron chi connectivity index (χ1n) is 10.5. The van der Waals surface area contributed by atoms with Gasteiger partial charge in [0.25, 0.3) is 0 Å². The number of benzene rings is 2. The number of carbonyl (C=O) groups is 2. The van der Waals surface area contributed by atoms with Gasteiger partial charge < -0.3 is 20.7 Å². The SMILES string of the molecule is CN1Cc2c(Cl)cc(Cl)cc2C(c2cccc(S(=O)(=O)NCCOCCNC(=O)C(N)=O)c2)C1. The molecule has 0 saturated carbocycles. The van der Waals surface area contributed by atoms with E-state index in [1.54, 1.807) is 18.2 Å². The van der Waals surface area contributed by atoms with Gasteiger partial charge in [-0.05, 0) is 48.0 Å². The second kappa shape index (κ2) is 11.5. The van der Waals surface area contributed by atoms with Crippen molar-refractivity contribution in [2.45, 2.75) is 17.4 Å². The largest absolute Gasteiger partial charge is 0.378 e. The van der Waals surface area contributed by atoms with Gasteiger partial charge in [-0.2, -0.15) is 0 Å². The summed E-state index contributed by atoms with van der Waals surface area (Å²) in [5, 5.41) is 3.41. The fourth-order valence-corrected chi connectivity index (χ4v) is 5.42. The quantitative estimate of drug-likeness (QED) is 0.333. The molecule has 0 fully saturated rings. The first kappa shape index (κ1) is 26.4. The van der Waals surface area contributed by atoms with Crippen LogP contribution < -0.4 is 15.8 Å². The predicted molar refractivity (Wildman–Crippen MR) is 129 cm³/mol. The van der Waals surface area contributed by atoms with Gasteiger partial charge >= 0.3 is 11.8 Å². The van der Waals surface area contributed by atoms with E-state index in [0.717, 1.165) is 16.7 Å². The minimum absolute atomic E-state index is 0.0382. The average Bonchev–Trinajstić information content (AvgIpc) is 2.78. The molecule has 0 bridgehead atoms. The highest BCUT2D eigenvalue weighted by Gasteiger charge is 2.28. The van der Waals surface area contributed by atoms with Crippen LogP contribution in [0.25, 0.3) is 0 Å². The Kier molecular flexibility index (Phi) is 8.91. The summed E-state index contributed by atoms with van der Waals surface area (Å²) in [6.45, 7) is 1.70. The van der Waals surface area contributed by atoms with E-state index in [-0.39, 0.29) is 37.1 Å². The minimum Gasteiger partial charge on any atom is -0.378 e. The Bertz CT molecular complexity index is 1180. The van der Waals surface area contributed by atoms with Crippen LogP contribution in [-0.4, -0.2) is 65.0 Å². The van der Waals surface area contributed by atoms with Crippen LogP contribution in [0.4, 0.5) is 0 Å². The fraction of sp³-hybridized carbons (Fsp3) is 0.364. The van der Waals surface area contributed by atoms with Crippen molar-refractivity contribution in [2.24, 2.45) is 5.73 Å². The van der Waals surface area contributed by atoms with E-state index in [9.17, 15) is 18.0 Å². The number of nitrogens with two attached hydrogens (primary N) is 1. The molecule has 2 amide bonds. The summed E-state index contributed by atoms with van der Waals surface area (Å²) in [4.78, 5) is 23.9. The van der Waals surface area contributed by atoms with Crippen molar-refractivity contribution in [3.05, 3.63) is 63.1 Å². The second-order valence-electron chi connectivity index (χ2n) is 7.91. The lowest BCUT2D eigenvalue weighted by molar-refractivity contribution is -0.137. The molecule has 1 unspecified atom stereocenters. The highest BCUT2D eigenvalue weighted by Crippen LogP contribution is 2.38. The van der Waals surface area contributed by atoms with Crippen molar-refractivity contribution in [1.29, 1.82) is 0 Å². The highest BCUT2D eigenvalue weighted by molar-refractivity contribution is 7.89. The molecular weight excluding hydrogens is 503 g/mol. The number of nitrogens with zero attached hydrogens (tertiary/aromatic N) is 1. The number of primary amides is 1. The molecule has 0 radical (unpaired) electrons. The van der Waals surface area contributed by atoms with Gasteiger partial charge in [0.2, 0.25) is 10.0 Å². The van der Waals surface area contributed by atoms with Crippen molar-refractivity contribution in [3.63, 3.8) is 0 Å². The van der Waals surface area contributed by atoms with Gasteiger partial charge in [0.15, 0.2) is 0 Å². The van der Waals surface area contributed by atoms with E-state index in [0.29, 0.717) is 23.1 Å². The van der Waals surface area contributed by atoms with Gasteiger partial charge in [-0.25, -0.2) is 13.1 Å². The molecule has 184 valence electrons. The molecular formula is C22H26Cl2N4O5S. The first-order chi connectivity index (χ1) is 16.1. The molecule has 0 saturated heterocycles. The predicted octanol–water partition coefficient (Wildman–Crippen LogP) is 1.47. The van der Waals surface area contributed by atoms with Crippen LogP contribution >= 0.6 is 23.2 Å². The number of nitrogens with one attached hydrogen (secondary N) is 2. The molecule has 1 aliphatic rings. The third-order valence-electron chi connectivity index (χ3n) is 5.36. The fourth-order valence-electron chi connectivity index (χ4n) is 3.79. The lowest BCUT2D eigenvalue weighted by Crippen LogP contribution is -2.38. The summed E-state index contributed by atoms with van der Waals surface area (Å²) in [6, 6.07) is 10.4. The van der Waals surface area contributed by atoms with Crippen molar-refractivity contribution >= 4 is 45.0 Å². The summed E-state index contributed by atoms with van der Waals surface area (Å²) in [6.07, 6.45) is 0. The molecule has 0 aromatic heterocycles. The maximum atomic E-state index is 12.8. The van der Waals surface area contributed by atoms with Crippen LogP contribution in [0.1, 0.15) is 22.6 Å². The maximum absolute atomic E-state index is 12.8. The van der Waals surface area contributed by atoms with E-state index in [2.05, 4.69) is 14.9 Å². The number of carbonyl (C=O) groups excluding carboxylic acids is 2.